The van der Waals surface area contributed by atoms with E-state index in [4.69, 9.17) is 21.4 Å². The Bertz CT molecular complexity index is 1200. The Morgan fingerprint density at radius 2 is 1.70 bits per heavy atom. The lowest BCUT2D eigenvalue weighted by Crippen LogP contribution is -2.26. The van der Waals surface area contributed by atoms with Gasteiger partial charge < -0.3 is 15.2 Å². The van der Waals surface area contributed by atoms with Gasteiger partial charge in [0.1, 0.15) is 12.4 Å². The van der Waals surface area contributed by atoms with Crippen LogP contribution in [0, 0.1) is 5.82 Å². The molecular weight excluding hydrogens is 445 g/mol. The van der Waals surface area contributed by atoms with E-state index in [0.29, 0.717) is 13.0 Å². The van der Waals surface area contributed by atoms with E-state index in [1.807, 2.05) is 24.3 Å². The van der Waals surface area contributed by atoms with Gasteiger partial charge in [0.05, 0.1) is 10.6 Å². The monoisotopic (exact) mass is 465 g/mol. The van der Waals surface area contributed by atoms with Crippen LogP contribution >= 0.6 is 11.6 Å². The smallest absolute Gasteiger partial charge is 0.407 e. The van der Waals surface area contributed by atoms with Gasteiger partial charge in [0, 0.05) is 18.0 Å². The molecule has 0 radical (unpaired) electrons. The van der Waals surface area contributed by atoms with E-state index in [1.54, 1.807) is 6.08 Å². The first-order chi connectivity index (χ1) is 16.0. The third-order valence-electron chi connectivity index (χ3n) is 5.54. The predicted octanol–water partition coefficient (Wildman–Crippen LogP) is 6.12. The standard InChI is InChI=1S/C26H21ClFNO4/c27-23-13-16(24(28)14-21(23)25(30)31)7-5-6-12-29-26(32)33-15-22-19-10-3-1-8-17(19)18-9-2-4-11-20(18)22/h1-5,7-11,13-14,22H,6,12,15H2,(H,29,32)(H,30,31). The Morgan fingerprint density at radius 1 is 1.06 bits per heavy atom. The van der Waals surface area contributed by atoms with Crippen LogP contribution in [0.15, 0.2) is 66.7 Å². The number of fused-ring (bicyclic) bond motifs is 3. The molecule has 0 fully saturated rings. The molecule has 2 N–H and O–H groups in total. The second-order valence-electron chi connectivity index (χ2n) is 7.60. The number of halogens is 2. The molecule has 0 aromatic heterocycles. The Kier molecular flexibility index (Phi) is 6.75. The molecule has 1 aliphatic rings. The fourth-order valence-corrected chi connectivity index (χ4v) is 4.22. The Labute approximate surface area is 195 Å². The van der Waals surface area contributed by atoms with Crippen LogP contribution < -0.4 is 5.32 Å². The highest BCUT2D eigenvalue weighted by molar-refractivity contribution is 6.33. The van der Waals surface area contributed by atoms with Crippen molar-refractivity contribution in [3.05, 3.63) is 99.8 Å². The van der Waals surface area contributed by atoms with Gasteiger partial charge in [0.25, 0.3) is 0 Å². The number of hydrogen-bond acceptors (Lipinski definition) is 3. The van der Waals surface area contributed by atoms with Crippen molar-refractivity contribution >= 4 is 29.7 Å². The number of carboxylic acid groups (broad SMARTS) is 1. The van der Waals surface area contributed by atoms with Crippen LogP contribution in [-0.4, -0.2) is 30.3 Å². The molecule has 0 heterocycles. The topological polar surface area (TPSA) is 75.6 Å². The summed E-state index contributed by atoms with van der Waals surface area (Å²) in [6.07, 6.45) is 3.07. The van der Waals surface area contributed by atoms with Crippen molar-refractivity contribution in [1.82, 2.24) is 5.32 Å². The summed E-state index contributed by atoms with van der Waals surface area (Å²) >= 11 is 5.87. The largest absolute Gasteiger partial charge is 0.478 e. The minimum absolute atomic E-state index is 0.00968. The number of aromatic carboxylic acids is 1. The van der Waals surface area contributed by atoms with Crippen LogP contribution in [0.1, 0.15) is 39.4 Å². The molecule has 0 atom stereocenters. The Morgan fingerprint density at radius 3 is 2.33 bits per heavy atom. The van der Waals surface area contributed by atoms with Gasteiger partial charge in [0.15, 0.2) is 0 Å². The maximum absolute atomic E-state index is 14.0. The average molecular weight is 466 g/mol. The van der Waals surface area contributed by atoms with Gasteiger partial charge in [-0.05, 0) is 40.8 Å². The highest BCUT2D eigenvalue weighted by Crippen LogP contribution is 2.44. The zero-order valence-electron chi connectivity index (χ0n) is 17.6. The first-order valence-corrected chi connectivity index (χ1v) is 10.8. The fraction of sp³-hybridized carbons (Fsp3) is 0.154. The van der Waals surface area contributed by atoms with Crippen molar-refractivity contribution in [2.45, 2.75) is 12.3 Å². The number of carboxylic acids is 1. The summed E-state index contributed by atoms with van der Waals surface area (Å²) in [4.78, 5) is 23.2. The van der Waals surface area contributed by atoms with Crippen molar-refractivity contribution in [3.8, 4) is 11.1 Å². The number of hydrogen-bond donors (Lipinski definition) is 2. The molecule has 3 aromatic carbocycles. The molecule has 5 nitrogen and oxygen atoms in total. The zero-order valence-corrected chi connectivity index (χ0v) is 18.3. The van der Waals surface area contributed by atoms with Crippen LogP contribution in [0.3, 0.4) is 0 Å². The van der Waals surface area contributed by atoms with E-state index in [2.05, 4.69) is 29.6 Å². The summed E-state index contributed by atoms with van der Waals surface area (Å²) in [6.45, 7) is 0.533. The number of benzene rings is 3. The zero-order chi connectivity index (χ0) is 23.4. The van der Waals surface area contributed by atoms with Crippen molar-refractivity contribution < 1.29 is 23.8 Å². The van der Waals surface area contributed by atoms with Gasteiger partial charge in [-0.1, -0.05) is 72.3 Å². The van der Waals surface area contributed by atoms with E-state index in [0.717, 1.165) is 28.3 Å². The highest BCUT2D eigenvalue weighted by Gasteiger charge is 2.28. The predicted molar refractivity (Wildman–Crippen MR) is 125 cm³/mol. The summed E-state index contributed by atoms with van der Waals surface area (Å²) < 4.78 is 19.5. The molecule has 0 saturated carbocycles. The lowest BCUT2D eigenvalue weighted by Gasteiger charge is -2.14. The van der Waals surface area contributed by atoms with Gasteiger partial charge in [0.2, 0.25) is 0 Å². The number of alkyl carbamates (subject to hydrolysis) is 1. The number of carbonyl (C=O) groups excluding carboxylic acids is 1. The molecule has 33 heavy (non-hydrogen) atoms. The fourth-order valence-electron chi connectivity index (χ4n) is 3.97. The third kappa shape index (κ3) is 4.91. The van der Waals surface area contributed by atoms with Gasteiger partial charge >= 0.3 is 12.1 Å². The van der Waals surface area contributed by atoms with Crippen molar-refractivity contribution in [3.63, 3.8) is 0 Å². The first-order valence-electron chi connectivity index (χ1n) is 10.4. The lowest BCUT2D eigenvalue weighted by molar-refractivity contribution is 0.0696. The molecule has 1 aliphatic carbocycles. The van der Waals surface area contributed by atoms with E-state index in [1.165, 1.54) is 12.1 Å². The molecule has 0 aliphatic heterocycles. The Hall–Kier alpha value is -3.64. The normalized spacial score (nSPS) is 12.4. The minimum atomic E-state index is -1.29. The van der Waals surface area contributed by atoms with Gasteiger partial charge in [-0.25, -0.2) is 14.0 Å². The molecule has 7 heteroatoms. The second-order valence-corrected chi connectivity index (χ2v) is 8.01. The van der Waals surface area contributed by atoms with E-state index < -0.39 is 17.9 Å². The summed E-state index contributed by atoms with van der Waals surface area (Å²) in [6, 6.07) is 18.4. The van der Waals surface area contributed by atoms with E-state index in [9.17, 15) is 14.0 Å². The molecule has 0 unspecified atom stereocenters. The summed E-state index contributed by atoms with van der Waals surface area (Å²) in [5.74, 6) is -1.98. The van der Waals surface area contributed by atoms with Crippen molar-refractivity contribution in [2.75, 3.05) is 13.2 Å². The van der Waals surface area contributed by atoms with E-state index in [-0.39, 0.29) is 28.7 Å². The van der Waals surface area contributed by atoms with Gasteiger partial charge in [-0.3, -0.25) is 0 Å². The van der Waals surface area contributed by atoms with Gasteiger partial charge in [-0.2, -0.15) is 0 Å². The maximum atomic E-state index is 14.0. The molecule has 0 bridgehead atoms. The number of carbonyl (C=O) groups is 2. The van der Waals surface area contributed by atoms with Crippen LogP contribution in [-0.2, 0) is 4.74 Å². The number of ether oxygens (including phenoxy) is 1. The van der Waals surface area contributed by atoms with Gasteiger partial charge in [-0.15, -0.1) is 0 Å². The van der Waals surface area contributed by atoms with Crippen molar-refractivity contribution in [2.24, 2.45) is 0 Å². The van der Waals surface area contributed by atoms with Crippen LogP contribution in [0.5, 0.6) is 0 Å². The number of rotatable bonds is 7. The Balaban J connectivity index is 1.28. The molecule has 0 spiro atoms. The molecule has 3 aromatic rings. The molecule has 168 valence electrons. The molecule has 4 rings (SSSR count). The lowest BCUT2D eigenvalue weighted by atomic mass is 9.98. The van der Waals surface area contributed by atoms with Crippen LogP contribution in [0.25, 0.3) is 17.2 Å². The van der Waals surface area contributed by atoms with Crippen LogP contribution in [0.4, 0.5) is 9.18 Å². The SMILES string of the molecule is O=C(NCCC=Cc1cc(Cl)c(C(=O)O)cc1F)OCC1c2ccccc2-c2ccccc21. The average Bonchev–Trinajstić information content (AvgIpc) is 3.13. The minimum Gasteiger partial charge on any atom is -0.478 e. The quantitative estimate of drug-likeness (QED) is 0.412. The second kappa shape index (κ2) is 9.88. The molecular formula is C26H21ClFNO4. The maximum Gasteiger partial charge on any atom is 0.407 e. The summed E-state index contributed by atoms with van der Waals surface area (Å²) in [5, 5.41) is 11.6. The summed E-state index contributed by atoms with van der Waals surface area (Å²) in [7, 11) is 0. The summed E-state index contributed by atoms with van der Waals surface area (Å²) in [5.41, 5.74) is 4.49. The molecule has 1 amide bonds. The van der Waals surface area contributed by atoms with Crippen LogP contribution in [0.2, 0.25) is 5.02 Å². The third-order valence-corrected chi connectivity index (χ3v) is 5.85. The molecule has 0 saturated heterocycles. The van der Waals surface area contributed by atoms with E-state index >= 15 is 0 Å². The number of nitrogens with one attached hydrogen (secondary N) is 1. The highest BCUT2D eigenvalue weighted by atomic mass is 35.5. The number of amides is 1. The van der Waals surface area contributed by atoms with Crippen molar-refractivity contribution in [1.29, 1.82) is 0 Å². The first kappa shape index (κ1) is 22.6.